The summed E-state index contributed by atoms with van der Waals surface area (Å²) in [7, 11) is -3.73. The third-order valence-electron chi connectivity index (χ3n) is 5.45. The zero-order chi connectivity index (χ0) is 24.4. The number of benzene rings is 2. The Labute approximate surface area is 191 Å². The van der Waals surface area contributed by atoms with Crippen LogP contribution < -0.4 is 10.6 Å². The molecular formula is C22H25FN4O5S. The van der Waals surface area contributed by atoms with Crippen LogP contribution in [0.25, 0.3) is 0 Å². The highest BCUT2D eigenvalue weighted by molar-refractivity contribution is 7.89. The number of hydrogen-bond donors (Lipinski definition) is 2. The molecule has 0 radical (unpaired) electrons. The van der Waals surface area contributed by atoms with E-state index in [1.165, 1.54) is 59.8 Å². The van der Waals surface area contributed by atoms with Crippen molar-refractivity contribution < 1.29 is 27.2 Å². The first-order chi connectivity index (χ1) is 15.5. The Balaban J connectivity index is 1.76. The Kier molecular flexibility index (Phi) is 6.84. The number of nitrogens with one attached hydrogen (secondary N) is 2. The van der Waals surface area contributed by atoms with E-state index in [1.807, 2.05) is 0 Å². The molecule has 1 unspecified atom stereocenters. The monoisotopic (exact) mass is 476 g/mol. The minimum absolute atomic E-state index is 0.00567. The molecule has 1 aliphatic heterocycles. The van der Waals surface area contributed by atoms with Crippen molar-refractivity contribution in [3.8, 4) is 0 Å². The Morgan fingerprint density at radius 1 is 1.12 bits per heavy atom. The van der Waals surface area contributed by atoms with Crippen molar-refractivity contribution in [2.45, 2.75) is 31.2 Å². The second-order valence-corrected chi connectivity index (χ2v) is 9.53. The van der Waals surface area contributed by atoms with Gasteiger partial charge in [-0.2, -0.15) is 4.31 Å². The summed E-state index contributed by atoms with van der Waals surface area (Å²) in [5, 5.41) is 4.95. The van der Waals surface area contributed by atoms with Gasteiger partial charge >= 0.3 is 6.03 Å². The lowest BCUT2D eigenvalue weighted by Gasteiger charge is -2.22. The quantitative estimate of drug-likeness (QED) is 0.567. The van der Waals surface area contributed by atoms with Gasteiger partial charge in [-0.15, -0.1) is 0 Å². The van der Waals surface area contributed by atoms with Gasteiger partial charge < -0.3 is 10.6 Å². The molecule has 0 bridgehead atoms. The SMILES string of the molecule is CCN(CC)S(=O)(=O)c1cccc(NC(=O)CN2C(=O)NC(C)(c3ccccc3F)C2=O)c1. The van der Waals surface area contributed by atoms with Crippen molar-refractivity contribution in [3.63, 3.8) is 0 Å². The van der Waals surface area contributed by atoms with Gasteiger partial charge in [0, 0.05) is 24.3 Å². The molecule has 4 amide bonds. The van der Waals surface area contributed by atoms with Gasteiger partial charge in [-0.3, -0.25) is 14.5 Å². The zero-order valence-corrected chi connectivity index (χ0v) is 19.3. The normalized spacial score (nSPS) is 18.5. The van der Waals surface area contributed by atoms with E-state index in [4.69, 9.17) is 0 Å². The average Bonchev–Trinajstić information content (AvgIpc) is 2.98. The molecular weight excluding hydrogens is 451 g/mol. The summed E-state index contributed by atoms with van der Waals surface area (Å²) in [5.74, 6) is -2.15. The van der Waals surface area contributed by atoms with E-state index < -0.39 is 45.8 Å². The molecule has 9 nitrogen and oxygen atoms in total. The Morgan fingerprint density at radius 3 is 2.42 bits per heavy atom. The van der Waals surface area contributed by atoms with Crippen molar-refractivity contribution in [1.82, 2.24) is 14.5 Å². The molecule has 1 saturated heterocycles. The van der Waals surface area contributed by atoms with Crippen LogP contribution in [0.4, 0.5) is 14.9 Å². The molecule has 1 fully saturated rings. The van der Waals surface area contributed by atoms with Crippen molar-refractivity contribution in [2.75, 3.05) is 25.0 Å². The number of rotatable bonds is 8. The van der Waals surface area contributed by atoms with Gasteiger partial charge in [0.2, 0.25) is 15.9 Å². The Morgan fingerprint density at radius 2 is 1.79 bits per heavy atom. The van der Waals surface area contributed by atoms with E-state index in [0.717, 1.165) is 0 Å². The Hall–Kier alpha value is -3.31. The van der Waals surface area contributed by atoms with Gasteiger partial charge in [-0.25, -0.2) is 17.6 Å². The van der Waals surface area contributed by atoms with Gasteiger partial charge in [-0.1, -0.05) is 38.1 Å². The maximum absolute atomic E-state index is 14.3. The molecule has 11 heteroatoms. The molecule has 3 rings (SSSR count). The van der Waals surface area contributed by atoms with Crippen LogP contribution in [0.1, 0.15) is 26.3 Å². The molecule has 33 heavy (non-hydrogen) atoms. The predicted octanol–water partition coefficient (Wildman–Crippen LogP) is 2.26. The molecule has 1 aliphatic rings. The fourth-order valence-corrected chi connectivity index (χ4v) is 5.19. The van der Waals surface area contributed by atoms with Crippen molar-refractivity contribution in [2.24, 2.45) is 0 Å². The van der Waals surface area contributed by atoms with Crippen LogP contribution in [0.2, 0.25) is 0 Å². The second kappa shape index (κ2) is 9.28. The van der Waals surface area contributed by atoms with Gasteiger partial charge in [0.15, 0.2) is 0 Å². The smallest absolute Gasteiger partial charge is 0.324 e. The number of sulfonamides is 1. The number of carbonyl (C=O) groups excluding carboxylic acids is 3. The number of urea groups is 1. The lowest BCUT2D eigenvalue weighted by Crippen LogP contribution is -2.42. The third kappa shape index (κ3) is 4.60. The summed E-state index contributed by atoms with van der Waals surface area (Å²) in [4.78, 5) is 38.6. The number of carbonyl (C=O) groups is 3. The molecule has 1 heterocycles. The molecule has 2 aromatic rings. The van der Waals surface area contributed by atoms with E-state index >= 15 is 0 Å². The van der Waals surface area contributed by atoms with Crippen molar-refractivity contribution in [1.29, 1.82) is 0 Å². The van der Waals surface area contributed by atoms with Crippen LogP contribution in [0.5, 0.6) is 0 Å². The number of anilines is 1. The van der Waals surface area contributed by atoms with Gasteiger partial charge in [0.25, 0.3) is 5.91 Å². The summed E-state index contributed by atoms with van der Waals surface area (Å²) >= 11 is 0. The van der Waals surface area contributed by atoms with Crippen LogP contribution in [0, 0.1) is 5.82 Å². The molecule has 0 saturated carbocycles. The van der Waals surface area contributed by atoms with E-state index in [-0.39, 0.29) is 16.1 Å². The van der Waals surface area contributed by atoms with Crippen LogP contribution >= 0.6 is 0 Å². The van der Waals surface area contributed by atoms with E-state index in [2.05, 4.69) is 10.6 Å². The maximum atomic E-state index is 14.3. The molecule has 0 spiro atoms. The minimum Gasteiger partial charge on any atom is -0.324 e. The highest BCUT2D eigenvalue weighted by Crippen LogP contribution is 2.30. The highest BCUT2D eigenvalue weighted by Gasteiger charge is 2.50. The topological polar surface area (TPSA) is 116 Å². The van der Waals surface area contributed by atoms with Crippen LogP contribution in [-0.2, 0) is 25.2 Å². The summed E-state index contributed by atoms with van der Waals surface area (Å²) in [6.45, 7) is 4.78. The second-order valence-electron chi connectivity index (χ2n) is 7.59. The summed E-state index contributed by atoms with van der Waals surface area (Å²) in [6.07, 6.45) is 0. The maximum Gasteiger partial charge on any atom is 0.325 e. The zero-order valence-electron chi connectivity index (χ0n) is 18.5. The lowest BCUT2D eigenvalue weighted by atomic mass is 9.91. The van der Waals surface area contributed by atoms with Crippen LogP contribution in [-0.4, -0.2) is 55.1 Å². The molecule has 2 N–H and O–H groups in total. The lowest BCUT2D eigenvalue weighted by molar-refractivity contribution is -0.133. The highest BCUT2D eigenvalue weighted by atomic mass is 32.2. The van der Waals surface area contributed by atoms with E-state index in [9.17, 15) is 27.2 Å². The van der Waals surface area contributed by atoms with E-state index in [1.54, 1.807) is 13.8 Å². The molecule has 0 aromatic heterocycles. The molecule has 2 aromatic carbocycles. The number of halogens is 1. The minimum atomic E-state index is -3.73. The number of amides is 4. The fourth-order valence-electron chi connectivity index (χ4n) is 3.68. The molecule has 176 valence electrons. The van der Waals surface area contributed by atoms with Crippen LogP contribution in [0.15, 0.2) is 53.4 Å². The van der Waals surface area contributed by atoms with Crippen LogP contribution in [0.3, 0.4) is 0 Å². The van der Waals surface area contributed by atoms with Crippen molar-refractivity contribution >= 4 is 33.6 Å². The van der Waals surface area contributed by atoms with E-state index in [0.29, 0.717) is 18.0 Å². The fraction of sp³-hybridized carbons (Fsp3) is 0.318. The first kappa shape index (κ1) is 24.3. The van der Waals surface area contributed by atoms with Gasteiger partial charge in [0.1, 0.15) is 17.9 Å². The van der Waals surface area contributed by atoms with Crippen molar-refractivity contribution in [3.05, 3.63) is 59.9 Å². The summed E-state index contributed by atoms with van der Waals surface area (Å²) in [5.41, 5.74) is -1.47. The molecule has 1 atom stereocenters. The standard InChI is InChI=1S/C22H25FN4O5S/c1-4-26(5-2)33(31,32)16-10-8-9-15(13-16)24-19(28)14-27-20(29)22(3,25-21(27)30)17-11-6-7-12-18(17)23/h6-13H,4-5,14H2,1-3H3,(H,24,28)(H,25,30). The number of hydrogen-bond acceptors (Lipinski definition) is 5. The number of imide groups is 1. The average molecular weight is 477 g/mol. The third-order valence-corrected chi connectivity index (χ3v) is 7.50. The molecule has 0 aliphatic carbocycles. The van der Waals surface area contributed by atoms with Gasteiger partial charge in [-0.05, 0) is 31.2 Å². The largest absolute Gasteiger partial charge is 0.325 e. The summed E-state index contributed by atoms with van der Waals surface area (Å²) in [6, 6.07) is 10.4. The Bertz CT molecular complexity index is 1200. The number of nitrogens with zero attached hydrogens (tertiary/aromatic N) is 2. The van der Waals surface area contributed by atoms with Gasteiger partial charge in [0.05, 0.1) is 4.90 Å². The first-order valence-electron chi connectivity index (χ1n) is 10.3. The predicted molar refractivity (Wildman–Crippen MR) is 119 cm³/mol. The summed E-state index contributed by atoms with van der Waals surface area (Å²) < 4.78 is 41.0. The first-order valence-corrected chi connectivity index (χ1v) is 11.8.